The highest BCUT2D eigenvalue weighted by Gasteiger charge is 2.22. The average molecular weight is 469 g/mol. The molecule has 2 aromatic carbocycles. The van der Waals surface area contributed by atoms with Crippen molar-refractivity contribution in [3.05, 3.63) is 59.4 Å². The number of nitrogens with zero attached hydrogens (tertiary/aromatic N) is 3. The fraction of sp³-hybridized carbons (Fsp3) is 0.400. The standard InChI is InChI=1S/C25H29ClN4O3/c1-18-11-14-29(15-12-18)25(32)16-30-22-5-3-2-4-21(22)28-23(30)10-13-27-24(31)17-33-20-8-6-19(26)7-9-20/h2-9,18H,10-17H2,1H3,(H,27,31). The first-order valence-corrected chi connectivity index (χ1v) is 11.7. The van der Waals surface area contributed by atoms with Gasteiger partial charge < -0.3 is 19.5 Å². The highest BCUT2D eigenvalue weighted by molar-refractivity contribution is 6.30. The SMILES string of the molecule is CC1CCN(C(=O)Cn2c(CCNC(=O)COc3ccc(Cl)cc3)nc3ccccc32)CC1. The number of nitrogens with one attached hydrogen (secondary N) is 1. The molecule has 174 valence electrons. The third-order valence-corrected chi connectivity index (χ3v) is 6.27. The predicted molar refractivity (Wildman–Crippen MR) is 128 cm³/mol. The number of fused-ring (bicyclic) bond motifs is 1. The molecule has 1 fully saturated rings. The normalized spacial score (nSPS) is 14.4. The van der Waals surface area contributed by atoms with Gasteiger partial charge >= 0.3 is 0 Å². The summed E-state index contributed by atoms with van der Waals surface area (Å²) < 4.78 is 7.46. The maximum atomic E-state index is 13.0. The van der Waals surface area contributed by atoms with Crippen LogP contribution in [0, 0.1) is 5.92 Å². The summed E-state index contributed by atoms with van der Waals surface area (Å²) in [6.45, 7) is 4.44. The number of likely N-dealkylation sites (tertiary alicyclic amines) is 1. The van der Waals surface area contributed by atoms with Crippen LogP contribution in [0.15, 0.2) is 48.5 Å². The maximum Gasteiger partial charge on any atom is 0.257 e. The van der Waals surface area contributed by atoms with E-state index >= 15 is 0 Å². The molecule has 2 heterocycles. The molecule has 8 heteroatoms. The summed E-state index contributed by atoms with van der Waals surface area (Å²) in [6, 6.07) is 14.7. The van der Waals surface area contributed by atoms with Crippen molar-refractivity contribution < 1.29 is 14.3 Å². The van der Waals surface area contributed by atoms with Crippen LogP contribution in [0.4, 0.5) is 0 Å². The van der Waals surface area contributed by atoms with Crippen LogP contribution in [0.2, 0.25) is 5.02 Å². The number of carbonyl (C=O) groups excluding carboxylic acids is 2. The van der Waals surface area contributed by atoms with Crippen LogP contribution in [0.1, 0.15) is 25.6 Å². The van der Waals surface area contributed by atoms with Gasteiger partial charge in [-0.3, -0.25) is 9.59 Å². The van der Waals surface area contributed by atoms with E-state index in [0.29, 0.717) is 29.7 Å². The zero-order valence-electron chi connectivity index (χ0n) is 18.8. The summed E-state index contributed by atoms with van der Waals surface area (Å²) in [5, 5.41) is 3.48. The number of benzene rings is 2. The molecule has 0 unspecified atom stereocenters. The third-order valence-electron chi connectivity index (χ3n) is 6.02. The van der Waals surface area contributed by atoms with E-state index in [-0.39, 0.29) is 25.0 Å². The van der Waals surface area contributed by atoms with Crippen LogP contribution in [-0.2, 0) is 22.6 Å². The Morgan fingerprint density at radius 2 is 1.85 bits per heavy atom. The number of para-hydroxylation sites is 2. The largest absolute Gasteiger partial charge is 0.484 e. The zero-order valence-corrected chi connectivity index (χ0v) is 19.6. The predicted octanol–water partition coefficient (Wildman–Crippen LogP) is 3.69. The van der Waals surface area contributed by atoms with Crippen molar-refractivity contribution in [2.75, 3.05) is 26.2 Å². The molecule has 1 N–H and O–H groups in total. The van der Waals surface area contributed by atoms with Crippen molar-refractivity contribution in [3.8, 4) is 5.75 Å². The quantitative estimate of drug-likeness (QED) is 0.547. The Labute approximate surface area is 198 Å². The van der Waals surface area contributed by atoms with E-state index in [4.69, 9.17) is 21.3 Å². The Balaban J connectivity index is 1.35. The van der Waals surface area contributed by atoms with Crippen molar-refractivity contribution >= 4 is 34.4 Å². The molecule has 0 radical (unpaired) electrons. The molecule has 0 aliphatic carbocycles. The Morgan fingerprint density at radius 3 is 2.61 bits per heavy atom. The van der Waals surface area contributed by atoms with Crippen molar-refractivity contribution in [1.82, 2.24) is 19.8 Å². The second-order valence-corrected chi connectivity index (χ2v) is 8.95. The van der Waals surface area contributed by atoms with E-state index in [1.165, 1.54) is 0 Å². The average Bonchev–Trinajstić information content (AvgIpc) is 3.16. The zero-order chi connectivity index (χ0) is 23.2. The second kappa shape index (κ2) is 10.7. The van der Waals surface area contributed by atoms with E-state index < -0.39 is 0 Å². The summed E-state index contributed by atoms with van der Waals surface area (Å²) in [5.41, 5.74) is 1.79. The summed E-state index contributed by atoms with van der Waals surface area (Å²) in [6.07, 6.45) is 2.62. The molecular weight excluding hydrogens is 440 g/mol. The minimum absolute atomic E-state index is 0.0794. The van der Waals surface area contributed by atoms with Gasteiger partial charge in [0.2, 0.25) is 5.91 Å². The minimum Gasteiger partial charge on any atom is -0.484 e. The number of halogens is 1. The van der Waals surface area contributed by atoms with Crippen LogP contribution in [-0.4, -0.2) is 52.5 Å². The van der Waals surface area contributed by atoms with Gasteiger partial charge in [0.1, 0.15) is 18.1 Å². The lowest BCUT2D eigenvalue weighted by atomic mass is 9.99. The van der Waals surface area contributed by atoms with Gasteiger partial charge in [0.25, 0.3) is 5.91 Å². The topological polar surface area (TPSA) is 76.5 Å². The van der Waals surface area contributed by atoms with Crippen molar-refractivity contribution in [2.45, 2.75) is 32.7 Å². The van der Waals surface area contributed by atoms with Crippen LogP contribution in [0.3, 0.4) is 0 Å². The summed E-state index contributed by atoms with van der Waals surface area (Å²) in [7, 11) is 0. The van der Waals surface area contributed by atoms with Gasteiger partial charge in [-0.15, -0.1) is 0 Å². The first-order valence-electron chi connectivity index (χ1n) is 11.4. The lowest BCUT2D eigenvalue weighted by molar-refractivity contribution is -0.133. The Kier molecular flexibility index (Phi) is 7.50. The summed E-state index contributed by atoms with van der Waals surface area (Å²) >= 11 is 5.86. The first kappa shape index (κ1) is 23.1. The molecule has 0 spiro atoms. The fourth-order valence-electron chi connectivity index (χ4n) is 4.03. The number of aromatic nitrogens is 2. The van der Waals surface area contributed by atoms with Gasteiger partial charge in [-0.25, -0.2) is 4.98 Å². The fourth-order valence-corrected chi connectivity index (χ4v) is 4.16. The Morgan fingerprint density at radius 1 is 1.12 bits per heavy atom. The van der Waals surface area contributed by atoms with E-state index in [1.54, 1.807) is 24.3 Å². The van der Waals surface area contributed by atoms with Crippen LogP contribution in [0.25, 0.3) is 11.0 Å². The monoisotopic (exact) mass is 468 g/mol. The molecule has 1 aliphatic heterocycles. The number of hydrogen-bond donors (Lipinski definition) is 1. The summed E-state index contributed by atoms with van der Waals surface area (Å²) in [4.78, 5) is 31.8. The number of ether oxygens (including phenoxy) is 1. The molecule has 2 amide bonds. The van der Waals surface area contributed by atoms with Gasteiger partial charge in [0.15, 0.2) is 6.61 Å². The van der Waals surface area contributed by atoms with Crippen molar-refractivity contribution in [3.63, 3.8) is 0 Å². The third kappa shape index (κ3) is 6.05. The van der Waals surface area contributed by atoms with Gasteiger partial charge in [-0.05, 0) is 55.2 Å². The van der Waals surface area contributed by atoms with Gasteiger partial charge in [0, 0.05) is 31.1 Å². The molecular formula is C25H29ClN4O3. The lowest BCUT2D eigenvalue weighted by Crippen LogP contribution is -2.40. The van der Waals surface area contributed by atoms with Gasteiger partial charge in [0.05, 0.1) is 11.0 Å². The molecule has 7 nitrogen and oxygen atoms in total. The van der Waals surface area contributed by atoms with Gasteiger partial charge in [-0.2, -0.15) is 0 Å². The van der Waals surface area contributed by atoms with Crippen molar-refractivity contribution in [2.24, 2.45) is 5.92 Å². The number of rotatable bonds is 8. The molecule has 0 atom stereocenters. The number of amides is 2. The molecule has 3 aromatic rings. The van der Waals surface area contributed by atoms with Crippen molar-refractivity contribution in [1.29, 1.82) is 0 Å². The number of piperidine rings is 1. The number of imidazole rings is 1. The molecule has 0 bridgehead atoms. The lowest BCUT2D eigenvalue weighted by Gasteiger charge is -2.30. The highest BCUT2D eigenvalue weighted by atomic mass is 35.5. The second-order valence-electron chi connectivity index (χ2n) is 8.51. The summed E-state index contributed by atoms with van der Waals surface area (Å²) in [5.74, 6) is 1.94. The molecule has 1 aliphatic rings. The molecule has 4 rings (SSSR count). The maximum absolute atomic E-state index is 13.0. The van der Waals surface area contributed by atoms with Crippen LogP contribution in [0.5, 0.6) is 5.75 Å². The van der Waals surface area contributed by atoms with E-state index in [0.717, 1.165) is 42.8 Å². The van der Waals surface area contributed by atoms with Crippen LogP contribution >= 0.6 is 11.6 Å². The molecule has 1 aromatic heterocycles. The Bertz CT molecular complexity index is 1100. The van der Waals surface area contributed by atoms with E-state index in [1.807, 2.05) is 33.7 Å². The Hall–Kier alpha value is -3.06. The highest BCUT2D eigenvalue weighted by Crippen LogP contribution is 2.20. The molecule has 1 saturated heterocycles. The van der Waals surface area contributed by atoms with E-state index in [2.05, 4.69) is 12.2 Å². The van der Waals surface area contributed by atoms with Gasteiger partial charge in [-0.1, -0.05) is 30.7 Å². The minimum atomic E-state index is -0.217. The molecule has 0 saturated carbocycles. The molecule has 33 heavy (non-hydrogen) atoms. The van der Waals surface area contributed by atoms with E-state index in [9.17, 15) is 9.59 Å². The van der Waals surface area contributed by atoms with Crippen LogP contribution < -0.4 is 10.1 Å². The first-order chi connectivity index (χ1) is 16.0. The number of carbonyl (C=O) groups is 2. The number of hydrogen-bond acceptors (Lipinski definition) is 4. The smallest absolute Gasteiger partial charge is 0.257 e.